The van der Waals surface area contributed by atoms with Crippen LogP contribution in [0.2, 0.25) is 0 Å². The lowest BCUT2D eigenvalue weighted by Gasteiger charge is -2.10. The quantitative estimate of drug-likeness (QED) is 0.606. The summed E-state index contributed by atoms with van der Waals surface area (Å²) in [5.74, 6) is -1.88. The van der Waals surface area contributed by atoms with Gasteiger partial charge in [0.2, 0.25) is 0 Å². The van der Waals surface area contributed by atoms with Crippen LogP contribution in [-0.2, 0) is 9.53 Å². The fourth-order valence-corrected chi connectivity index (χ4v) is 2.87. The number of esters is 1. The first-order valence-electron chi connectivity index (χ1n) is 8.16. The largest absolute Gasteiger partial charge is 0.506 e. The molecule has 3 N–H and O–H groups in total. The van der Waals surface area contributed by atoms with E-state index < -0.39 is 18.5 Å². The Kier molecular flexibility index (Phi) is 6.95. The molecule has 0 fully saturated rings. The van der Waals surface area contributed by atoms with E-state index in [1.807, 2.05) is 6.92 Å². The Morgan fingerprint density at radius 3 is 2.63 bits per heavy atom. The minimum Gasteiger partial charge on any atom is -0.506 e. The first-order valence-corrected chi connectivity index (χ1v) is 8.95. The van der Waals surface area contributed by atoms with Crippen molar-refractivity contribution in [1.82, 2.24) is 5.32 Å². The van der Waals surface area contributed by atoms with Gasteiger partial charge in [0, 0.05) is 17.8 Å². The Balaban J connectivity index is 1.98. The van der Waals surface area contributed by atoms with E-state index in [1.54, 1.807) is 31.2 Å². The van der Waals surface area contributed by atoms with E-state index in [2.05, 4.69) is 26.6 Å². The normalized spacial score (nSPS) is 10.2. The second kappa shape index (κ2) is 9.18. The molecule has 0 saturated carbocycles. The highest BCUT2D eigenvalue weighted by molar-refractivity contribution is 9.10. The average Bonchev–Trinajstić information content (AvgIpc) is 2.63. The monoisotopic (exact) mass is 434 g/mol. The summed E-state index contributed by atoms with van der Waals surface area (Å²) in [5.41, 5.74) is 1.52. The maximum atomic E-state index is 12.1. The van der Waals surface area contributed by atoms with E-state index in [9.17, 15) is 19.5 Å². The highest BCUT2D eigenvalue weighted by atomic mass is 79.9. The predicted molar refractivity (Wildman–Crippen MR) is 104 cm³/mol. The van der Waals surface area contributed by atoms with Crippen molar-refractivity contribution in [2.24, 2.45) is 0 Å². The number of aryl methyl sites for hydroxylation is 1. The topological polar surface area (TPSA) is 105 Å². The number of aromatic hydroxyl groups is 1. The summed E-state index contributed by atoms with van der Waals surface area (Å²) in [6, 6.07) is 9.52. The molecule has 0 aliphatic heterocycles. The van der Waals surface area contributed by atoms with Crippen molar-refractivity contribution in [1.29, 1.82) is 0 Å². The van der Waals surface area contributed by atoms with Gasteiger partial charge >= 0.3 is 5.97 Å². The summed E-state index contributed by atoms with van der Waals surface area (Å²) >= 11 is 3.15. The molecule has 0 atom stereocenters. The Labute approximate surface area is 164 Å². The third-order valence-electron chi connectivity index (χ3n) is 3.51. The number of nitrogens with one attached hydrogen (secondary N) is 2. The van der Waals surface area contributed by atoms with Gasteiger partial charge in [-0.2, -0.15) is 0 Å². The van der Waals surface area contributed by atoms with Crippen molar-refractivity contribution in [2.75, 3.05) is 18.5 Å². The molecule has 0 spiro atoms. The molecule has 2 amide bonds. The van der Waals surface area contributed by atoms with Gasteiger partial charge in [-0.15, -0.1) is 0 Å². The third kappa shape index (κ3) is 5.55. The van der Waals surface area contributed by atoms with Gasteiger partial charge < -0.3 is 20.5 Å². The van der Waals surface area contributed by atoms with Gasteiger partial charge in [-0.05, 0) is 65.7 Å². The van der Waals surface area contributed by atoms with Gasteiger partial charge in [0.15, 0.2) is 6.61 Å². The molecule has 0 aliphatic carbocycles. The molecule has 0 saturated heterocycles. The van der Waals surface area contributed by atoms with Crippen molar-refractivity contribution in [3.8, 4) is 5.75 Å². The summed E-state index contributed by atoms with van der Waals surface area (Å²) in [6.45, 7) is 3.53. The van der Waals surface area contributed by atoms with E-state index in [4.69, 9.17) is 4.74 Å². The number of halogens is 1. The van der Waals surface area contributed by atoms with Gasteiger partial charge in [0.05, 0.1) is 4.47 Å². The lowest BCUT2D eigenvalue weighted by atomic mass is 10.1. The minimum atomic E-state index is -0.817. The van der Waals surface area contributed by atoms with Gasteiger partial charge in [-0.1, -0.05) is 6.07 Å². The number of ether oxygens (including phenoxy) is 1. The standard InChI is InChI=1S/C19H19BrN2O5/c1-3-21-18(25)12-5-4-6-13(9-12)22-16(23)10-27-19(26)14-7-11(2)8-15(20)17(14)24/h4-9,24H,3,10H2,1-2H3,(H,21,25)(H,22,23). The number of anilines is 1. The second-order valence-corrected chi connectivity index (χ2v) is 6.56. The molecule has 0 heterocycles. The zero-order valence-corrected chi connectivity index (χ0v) is 16.4. The number of carbonyl (C=O) groups excluding carboxylic acids is 3. The molecule has 142 valence electrons. The van der Waals surface area contributed by atoms with E-state index >= 15 is 0 Å². The third-order valence-corrected chi connectivity index (χ3v) is 4.11. The average molecular weight is 435 g/mol. The van der Waals surface area contributed by atoms with E-state index in [0.29, 0.717) is 22.3 Å². The number of benzene rings is 2. The van der Waals surface area contributed by atoms with Crippen LogP contribution < -0.4 is 10.6 Å². The SMILES string of the molecule is CCNC(=O)c1cccc(NC(=O)COC(=O)c2cc(C)cc(Br)c2O)c1. The molecule has 0 radical (unpaired) electrons. The van der Waals surface area contributed by atoms with Crippen LogP contribution in [0.15, 0.2) is 40.9 Å². The summed E-state index contributed by atoms with van der Waals surface area (Å²) in [4.78, 5) is 35.9. The zero-order valence-electron chi connectivity index (χ0n) is 14.8. The fourth-order valence-electron chi connectivity index (χ4n) is 2.30. The molecule has 2 aromatic rings. The number of hydrogen-bond acceptors (Lipinski definition) is 5. The van der Waals surface area contributed by atoms with E-state index in [1.165, 1.54) is 12.1 Å². The predicted octanol–water partition coefficient (Wildman–Crippen LogP) is 3.01. The van der Waals surface area contributed by atoms with Gasteiger partial charge in [-0.25, -0.2) is 4.79 Å². The maximum absolute atomic E-state index is 12.1. The van der Waals surface area contributed by atoms with Gasteiger partial charge in [0.1, 0.15) is 11.3 Å². The van der Waals surface area contributed by atoms with Crippen LogP contribution in [0.1, 0.15) is 33.2 Å². The molecule has 8 heteroatoms. The Hall–Kier alpha value is -2.87. The minimum absolute atomic E-state index is 0.0343. The Morgan fingerprint density at radius 1 is 1.19 bits per heavy atom. The van der Waals surface area contributed by atoms with Crippen LogP contribution in [0.5, 0.6) is 5.75 Å². The molecule has 0 aliphatic rings. The summed E-state index contributed by atoms with van der Waals surface area (Å²) in [7, 11) is 0. The van der Waals surface area contributed by atoms with Crippen LogP contribution in [-0.4, -0.2) is 36.0 Å². The van der Waals surface area contributed by atoms with Crippen LogP contribution in [0, 0.1) is 6.92 Å². The highest BCUT2D eigenvalue weighted by Crippen LogP contribution is 2.29. The molecule has 0 unspecified atom stereocenters. The molecule has 0 bridgehead atoms. The molecular formula is C19H19BrN2O5. The molecule has 2 rings (SSSR count). The number of phenols is 1. The van der Waals surface area contributed by atoms with Crippen LogP contribution in [0.25, 0.3) is 0 Å². The Bertz CT molecular complexity index is 882. The van der Waals surface area contributed by atoms with Crippen molar-refractivity contribution in [3.63, 3.8) is 0 Å². The van der Waals surface area contributed by atoms with Crippen LogP contribution in [0.3, 0.4) is 0 Å². The molecule has 2 aromatic carbocycles. The van der Waals surface area contributed by atoms with E-state index in [0.717, 1.165) is 5.56 Å². The van der Waals surface area contributed by atoms with Crippen molar-refractivity contribution in [2.45, 2.75) is 13.8 Å². The molecule has 27 heavy (non-hydrogen) atoms. The number of rotatable bonds is 6. The number of phenolic OH excluding ortho intramolecular Hbond substituents is 1. The van der Waals surface area contributed by atoms with Crippen molar-refractivity contribution < 1.29 is 24.2 Å². The van der Waals surface area contributed by atoms with Crippen molar-refractivity contribution >= 4 is 39.4 Å². The highest BCUT2D eigenvalue weighted by Gasteiger charge is 2.17. The lowest BCUT2D eigenvalue weighted by Crippen LogP contribution is -2.23. The summed E-state index contributed by atoms with van der Waals surface area (Å²) in [5, 5.41) is 15.2. The molecule has 7 nitrogen and oxygen atoms in total. The Morgan fingerprint density at radius 2 is 1.93 bits per heavy atom. The molecular weight excluding hydrogens is 416 g/mol. The zero-order chi connectivity index (χ0) is 20.0. The summed E-state index contributed by atoms with van der Waals surface area (Å²) in [6.07, 6.45) is 0. The number of amides is 2. The lowest BCUT2D eigenvalue weighted by molar-refractivity contribution is -0.119. The maximum Gasteiger partial charge on any atom is 0.342 e. The fraction of sp³-hybridized carbons (Fsp3) is 0.211. The van der Waals surface area contributed by atoms with Crippen LogP contribution >= 0.6 is 15.9 Å². The van der Waals surface area contributed by atoms with Crippen molar-refractivity contribution in [3.05, 3.63) is 57.6 Å². The first-order chi connectivity index (χ1) is 12.8. The van der Waals surface area contributed by atoms with E-state index in [-0.39, 0.29) is 17.2 Å². The molecule has 0 aromatic heterocycles. The van der Waals surface area contributed by atoms with Crippen LogP contribution in [0.4, 0.5) is 5.69 Å². The summed E-state index contributed by atoms with van der Waals surface area (Å²) < 4.78 is 5.32. The number of carbonyl (C=O) groups is 3. The smallest absolute Gasteiger partial charge is 0.342 e. The van der Waals surface area contributed by atoms with Gasteiger partial charge in [0.25, 0.3) is 11.8 Å². The number of hydrogen-bond donors (Lipinski definition) is 3. The second-order valence-electron chi connectivity index (χ2n) is 5.71. The van der Waals surface area contributed by atoms with Gasteiger partial charge in [-0.3, -0.25) is 9.59 Å². The first kappa shape index (κ1) is 20.4.